The van der Waals surface area contributed by atoms with Crippen LogP contribution in [0.1, 0.15) is 40.5 Å². The van der Waals surface area contributed by atoms with E-state index in [2.05, 4.69) is 15.6 Å². The third kappa shape index (κ3) is 6.41. The molecule has 0 bridgehead atoms. The third-order valence-electron chi connectivity index (χ3n) is 4.75. The molecule has 9 nitrogen and oxygen atoms in total. The summed E-state index contributed by atoms with van der Waals surface area (Å²) in [5.74, 6) is -0.382. The summed E-state index contributed by atoms with van der Waals surface area (Å²) in [6.45, 7) is 2.44. The summed E-state index contributed by atoms with van der Waals surface area (Å²) in [7, 11) is 3.84. The van der Waals surface area contributed by atoms with Crippen LogP contribution >= 0.6 is 11.6 Å². The van der Waals surface area contributed by atoms with Crippen molar-refractivity contribution in [1.29, 1.82) is 0 Å². The highest BCUT2D eigenvalue weighted by Gasteiger charge is 2.23. The Labute approximate surface area is 191 Å². The van der Waals surface area contributed by atoms with Crippen LogP contribution in [-0.4, -0.2) is 57.0 Å². The number of amides is 1. The van der Waals surface area contributed by atoms with Crippen LogP contribution in [0.15, 0.2) is 47.0 Å². The van der Waals surface area contributed by atoms with E-state index in [0.29, 0.717) is 29.4 Å². The van der Waals surface area contributed by atoms with E-state index in [1.54, 1.807) is 42.6 Å². The van der Waals surface area contributed by atoms with Crippen molar-refractivity contribution in [1.82, 2.24) is 25.2 Å². The second-order valence-corrected chi connectivity index (χ2v) is 8.39. The van der Waals surface area contributed by atoms with Crippen LogP contribution in [0.25, 0.3) is 0 Å². The largest absolute Gasteiger partial charge is 0.480 e. The number of aliphatic carboxylic acids is 1. The molecule has 170 valence electrons. The molecule has 0 radical (unpaired) electrons. The molecule has 0 aliphatic carbocycles. The standard InChI is InChI=1S/C22H26ClN5O4/c1-14(24-21(29)20-9-8-18(32-20)13-27(2)3)10-17-12-28(26-25-17)19(22(30)31)11-15-4-6-16(23)7-5-15/h4-9,12,14,19H,10-11,13H2,1-3H3,(H,24,29)(H,30,31). The summed E-state index contributed by atoms with van der Waals surface area (Å²) in [4.78, 5) is 26.2. The highest BCUT2D eigenvalue weighted by molar-refractivity contribution is 6.30. The molecule has 32 heavy (non-hydrogen) atoms. The Morgan fingerprint density at radius 2 is 1.91 bits per heavy atom. The molecule has 0 aliphatic heterocycles. The summed E-state index contributed by atoms with van der Waals surface area (Å²) in [5.41, 5.74) is 1.40. The molecule has 2 unspecified atom stereocenters. The van der Waals surface area contributed by atoms with Gasteiger partial charge >= 0.3 is 5.97 Å². The summed E-state index contributed by atoms with van der Waals surface area (Å²) >= 11 is 5.89. The average molecular weight is 460 g/mol. The van der Waals surface area contributed by atoms with Crippen LogP contribution in [0, 0.1) is 0 Å². The van der Waals surface area contributed by atoms with E-state index < -0.39 is 12.0 Å². The molecular formula is C22H26ClN5O4. The van der Waals surface area contributed by atoms with Gasteiger partial charge < -0.3 is 19.7 Å². The van der Waals surface area contributed by atoms with Gasteiger partial charge in [0.05, 0.1) is 12.2 Å². The number of benzene rings is 1. The Balaban J connectivity index is 1.60. The number of nitrogens with one attached hydrogen (secondary N) is 1. The lowest BCUT2D eigenvalue weighted by Crippen LogP contribution is -2.34. The fourth-order valence-corrected chi connectivity index (χ4v) is 3.38. The van der Waals surface area contributed by atoms with Gasteiger partial charge in [0.2, 0.25) is 0 Å². The van der Waals surface area contributed by atoms with E-state index >= 15 is 0 Å². The molecule has 1 amide bonds. The number of hydrogen-bond donors (Lipinski definition) is 2. The minimum absolute atomic E-state index is 0.242. The topological polar surface area (TPSA) is 113 Å². The fraction of sp³-hybridized carbons (Fsp3) is 0.364. The molecule has 2 N–H and O–H groups in total. The van der Waals surface area contributed by atoms with Gasteiger partial charge in [-0.05, 0) is 50.8 Å². The van der Waals surface area contributed by atoms with Gasteiger partial charge in [0.25, 0.3) is 5.91 Å². The summed E-state index contributed by atoms with van der Waals surface area (Å²) < 4.78 is 6.91. The van der Waals surface area contributed by atoms with Gasteiger partial charge in [-0.3, -0.25) is 4.79 Å². The molecule has 3 aromatic rings. The summed E-state index contributed by atoms with van der Waals surface area (Å²) in [6.07, 6.45) is 2.24. The smallest absolute Gasteiger partial charge is 0.328 e. The predicted molar refractivity (Wildman–Crippen MR) is 119 cm³/mol. The van der Waals surface area contributed by atoms with E-state index in [1.807, 2.05) is 25.9 Å². The number of aromatic nitrogens is 3. The Morgan fingerprint density at radius 1 is 1.19 bits per heavy atom. The maximum atomic E-state index is 12.4. The average Bonchev–Trinajstić information content (AvgIpc) is 3.36. The van der Waals surface area contributed by atoms with Crippen LogP contribution in [-0.2, 0) is 24.2 Å². The number of hydrogen-bond acceptors (Lipinski definition) is 6. The number of carboxylic acid groups (broad SMARTS) is 1. The van der Waals surface area contributed by atoms with Crippen LogP contribution in [0.4, 0.5) is 0 Å². The molecule has 0 aliphatic rings. The molecular weight excluding hydrogens is 434 g/mol. The molecule has 2 aromatic heterocycles. The second kappa shape index (κ2) is 10.4. The number of carbonyl (C=O) groups excluding carboxylic acids is 1. The minimum Gasteiger partial charge on any atom is -0.480 e. The lowest BCUT2D eigenvalue weighted by atomic mass is 10.1. The molecule has 10 heteroatoms. The van der Waals surface area contributed by atoms with Crippen LogP contribution in [0.5, 0.6) is 0 Å². The van der Waals surface area contributed by atoms with Crippen LogP contribution in [0.3, 0.4) is 0 Å². The van der Waals surface area contributed by atoms with Crippen molar-refractivity contribution in [3.05, 3.63) is 70.4 Å². The lowest BCUT2D eigenvalue weighted by Gasteiger charge is -2.13. The van der Waals surface area contributed by atoms with E-state index in [-0.39, 0.29) is 24.1 Å². The van der Waals surface area contributed by atoms with Crippen molar-refractivity contribution in [3.8, 4) is 0 Å². The van der Waals surface area contributed by atoms with Crippen molar-refractivity contribution < 1.29 is 19.1 Å². The third-order valence-corrected chi connectivity index (χ3v) is 5.01. The number of carbonyl (C=O) groups is 2. The van der Waals surface area contributed by atoms with Gasteiger partial charge in [0, 0.05) is 30.1 Å². The zero-order valence-corrected chi connectivity index (χ0v) is 18.9. The van der Waals surface area contributed by atoms with Gasteiger partial charge in [0.1, 0.15) is 5.76 Å². The van der Waals surface area contributed by atoms with E-state index in [9.17, 15) is 14.7 Å². The second-order valence-electron chi connectivity index (χ2n) is 7.96. The first-order valence-corrected chi connectivity index (χ1v) is 10.5. The Bertz CT molecular complexity index is 1060. The predicted octanol–water partition coefficient (Wildman–Crippen LogP) is 2.82. The minimum atomic E-state index is -1.01. The summed E-state index contributed by atoms with van der Waals surface area (Å²) in [6, 6.07) is 9.27. The van der Waals surface area contributed by atoms with Gasteiger partial charge in [-0.25, -0.2) is 9.48 Å². The van der Waals surface area contributed by atoms with E-state index in [0.717, 1.165) is 5.56 Å². The first-order chi connectivity index (χ1) is 15.2. The zero-order valence-electron chi connectivity index (χ0n) is 18.2. The number of furan rings is 1. The molecule has 0 saturated heterocycles. The molecule has 3 rings (SSSR count). The SMILES string of the molecule is CC(Cc1cn(C(Cc2ccc(Cl)cc2)C(=O)O)nn1)NC(=O)c1ccc(CN(C)C)o1. The summed E-state index contributed by atoms with van der Waals surface area (Å²) in [5, 5.41) is 21.2. The number of rotatable bonds is 10. The van der Waals surface area contributed by atoms with E-state index in [1.165, 1.54) is 4.68 Å². The normalized spacial score (nSPS) is 13.2. The number of halogens is 1. The molecule has 1 aromatic carbocycles. The van der Waals surface area contributed by atoms with Crippen LogP contribution in [0.2, 0.25) is 5.02 Å². The van der Waals surface area contributed by atoms with E-state index in [4.69, 9.17) is 16.0 Å². The van der Waals surface area contributed by atoms with Crippen molar-refractivity contribution in [2.24, 2.45) is 0 Å². The van der Waals surface area contributed by atoms with Crippen molar-refractivity contribution in [2.75, 3.05) is 14.1 Å². The molecule has 0 spiro atoms. The Hall–Kier alpha value is -3.17. The monoisotopic (exact) mass is 459 g/mol. The maximum absolute atomic E-state index is 12.4. The number of nitrogens with zero attached hydrogens (tertiary/aromatic N) is 4. The Morgan fingerprint density at radius 3 is 2.56 bits per heavy atom. The zero-order chi connectivity index (χ0) is 23.3. The molecule has 2 heterocycles. The molecule has 2 atom stereocenters. The number of carboxylic acids is 1. The highest BCUT2D eigenvalue weighted by atomic mass is 35.5. The van der Waals surface area contributed by atoms with Crippen molar-refractivity contribution >= 4 is 23.5 Å². The highest BCUT2D eigenvalue weighted by Crippen LogP contribution is 2.17. The lowest BCUT2D eigenvalue weighted by molar-refractivity contribution is -0.141. The quantitative estimate of drug-likeness (QED) is 0.479. The van der Waals surface area contributed by atoms with Gasteiger partial charge in [-0.15, -0.1) is 5.10 Å². The molecule has 0 saturated carbocycles. The first kappa shape index (κ1) is 23.5. The Kier molecular flexibility index (Phi) is 7.66. The van der Waals surface area contributed by atoms with Crippen molar-refractivity contribution in [2.45, 2.75) is 38.4 Å². The fourth-order valence-electron chi connectivity index (χ4n) is 3.25. The van der Waals surface area contributed by atoms with Gasteiger partial charge in [0.15, 0.2) is 11.8 Å². The maximum Gasteiger partial charge on any atom is 0.328 e. The van der Waals surface area contributed by atoms with Crippen molar-refractivity contribution in [3.63, 3.8) is 0 Å². The van der Waals surface area contributed by atoms with Gasteiger partial charge in [-0.2, -0.15) is 0 Å². The molecule has 0 fully saturated rings. The van der Waals surface area contributed by atoms with Gasteiger partial charge in [-0.1, -0.05) is 28.9 Å². The van der Waals surface area contributed by atoms with Crippen LogP contribution < -0.4 is 5.32 Å². The first-order valence-electron chi connectivity index (χ1n) is 10.1.